The second-order valence-electron chi connectivity index (χ2n) is 3.31. The van der Waals surface area contributed by atoms with Crippen LogP contribution in [0.25, 0.3) is 0 Å². The zero-order valence-electron chi connectivity index (χ0n) is 9.71. The molecule has 1 N–H and O–H groups in total. The summed E-state index contributed by atoms with van der Waals surface area (Å²) in [4.78, 5) is 10.00. The van der Waals surface area contributed by atoms with E-state index in [1.54, 1.807) is 0 Å². The Hall–Kier alpha value is -1.00. The molecule has 0 bridgehead atoms. The molecule has 0 saturated heterocycles. The van der Waals surface area contributed by atoms with Crippen molar-refractivity contribution in [1.29, 1.82) is 0 Å². The van der Waals surface area contributed by atoms with Crippen LogP contribution in [-0.4, -0.2) is 62.8 Å². The Morgan fingerprint density at radius 3 is 1.84 bits per heavy atom. The second kappa shape index (κ2) is 8.23. The van der Waals surface area contributed by atoms with Crippen LogP contribution in [0.4, 0.5) is 22.0 Å². The average Bonchev–Trinajstić information content (AvgIpc) is 2.24. The zero-order chi connectivity index (χ0) is 14.9. The number of halogens is 5. The minimum atomic E-state index is -5.64. The van der Waals surface area contributed by atoms with Gasteiger partial charge in [-0.3, -0.25) is 0 Å². The van der Waals surface area contributed by atoms with Gasteiger partial charge in [0.05, 0.1) is 26.4 Å². The van der Waals surface area contributed by atoms with E-state index in [1.165, 1.54) is 0 Å². The summed E-state index contributed by atoms with van der Waals surface area (Å²) in [6.45, 7) is -2.97. The van der Waals surface area contributed by atoms with Crippen LogP contribution in [0, 0.1) is 0 Å². The first kappa shape index (κ1) is 18.0. The lowest BCUT2D eigenvalue weighted by Gasteiger charge is -2.19. The molecule has 0 aromatic rings. The highest BCUT2D eigenvalue weighted by Gasteiger charge is 2.57. The molecule has 19 heavy (non-hydrogen) atoms. The molecule has 0 aromatic carbocycles. The van der Waals surface area contributed by atoms with E-state index in [9.17, 15) is 26.7 Å². The molecule has 0 saturated carbocycles. The number of carbonyl (C=O) groups is 1. The highest BCUT2D eigenvalue weighted by molar-refractivity contribution is 5.67. The molecule has 5 nitrogen and oxygen atoms in total. The number of carboxylic acids is 1. The van der Waals surface area contributed by atoms with Gasteiger partial charge in [-0.2, -0.15) is 22.0 Å². The summed E-state index contributed by atoms with van der Waals surface area (Å²) in [5.74, 6) is -6.05. The quantitative estimate of drug-likeness (QED) is 0.486. The SMILES string of the molecule is O=C(O)COCCOCCOCC(F)(F)C(F)(F)F. The third kappa shape index (κ3) is 8.67. The molecule has 0 amide bonds. The van der Waals surface area contributed by atoms with Gasteiger partial charge in [-0.15, -0.1) is 0 Å². The van der Waals surface area contributed by atoms with Gasteiger partial charge >= 0.3 is 18.1 Å². The fourth-order valence-electron chi connectivity index (χ4n) is 0.779. The number of rotatable bonds is 10. The van der Waals surface area contributed by atoms with Crippen molar-refractivity contribution in [2.75, 3.05) is 39.6 Å². The van der Waals surface area contributed by atoms with E-state index in [0.717, 1.165) is 0 Å². The molecule has 0 aromatic heterocycles. The molecule has 0 radical (unpaired) electrons. The average molecular weight is 296 g/mol. The van der Waals surface area contributed by atoms with Crippen molar-refractivity contribution in [2.45, 2.75) is 12.1 Å². The van der Waals surface area contributed by atoms with Crippen LogP contribution in [0.5, 0.6) is 0 Å². The molecule has 0 atom stereocenters. The predicted octanol–water partition coefficient (Wildman–Crippen LogP) is 1.32. The largest absolute Gasteiger partial charge is 0.480 e. The van der Waals surface area contributed by atoms with Crippen molar-refractivity contribution >= 4 is 5.97 Å². The van der Waals surface area contributed by atoms with Crippen molar-refractivity contribution in [3.8, 4) is 0 Å². The lowest BCUT2D eigenvalue weighted by Crippen LogP contribution is -2.41. The van der Waals surface area contributed by atoms with E-state index in [1.807, 2.05) is 0 Å². The fraction of sp³-hybridized carbons (Fsp3) is 0.889. The molecule has 0 aliphatic rings. The zero-order valence-corrected chi connectivity index (χ0v) is 9.71. The van der Waals surface area contributed by atoms with E-state index in [4.69, 9.17) is 9.84 Å². The summed E-state index contributed by atoms with van der Waals surface area (Å²) in [5.41, 5.74) is 0. The number of ether oxygens (including phenoxy) is 3. The van der Waals surface area contributed by atoms with Crippen molar-refractivity contribution < 1.29 is 46.1 Å². The minimum Gasteiger partial charge on any atom is -0.480 e. The van der Waals surface area contributed by atoms with Crippen molar-refractivity contribution in [2.24, 2.45) is 0 Å². The second-order valence-corrected chi connectivity index (χ2v) is 3.31. The number of hydrogen-bond acceptors (Lipinski definition) is 4. The molecule has 0 aliphatic heterocycles. The number of alkyl halides is 5. The van der Waals surface area contributed by atoms with Crippen LogP contribution in [0.3, 0.4) is 0 Å². The van der Waals surface area contributed by atoms with Crippen molar-refractivity contribution in [3.05, 3.63) is 0 Å². The Morgan fingerprint density at radius 2 is 1.37 bits per heavy atom. The maximum Gasteiger partial charge on any atom is 0.455 e. The Morgan fingerprint density at radius 1 is 0.895 bits per heavy atom. The molecule has 0 heterocycles. The van der Waals surface area contributed by atoms with Crippen LogP contribution in [-0.2, 0) is 19.0 Å². The Kier molecular flexibility index (Phi) is 7.79. The monoisotopic (exact) mass is 296 g/mol. The van der Waals surface area contributed by atoms with E-state index >= 15 is 0 Å². The lowest BCUT2D eigenvalue weighted by molar-refractivity contribution is -0.297. The summed E-state index contributed by atoms with van der Waals surface area (Å²) < 4.78 is 73.1. The van der Waals surface area contributed by atoms with Gasteiger partial charge in [-0.25, -0.2) is 4.79 Å². The highest BCUT2D eigenvalue weighted by Crippen LogP contribution is 2.35. The molecule has 114 valence electrons. The molecular weight excluding hydrogens is 283 g/mol. The van der Waals surface area contributed by atoms with Crippen molar-refractivity contribution in [1.82, 2.24) is 0 Å². The van der Waals surface area contributed by atoms with Gasteiger partial charge in [0.1, 0.15) is 13.2 Å². The Labute approximate surface area is 105 Å². The highest BCUT2D eigenvalue weighted by atomic mass is 19.4. The summed E-state index contributed by atoms with van der Waals surface area (Å²) in [5, 5.41) is 8.18. The van der Waals surface area contributed by atoms with E-state index < -0.39 is 37.9 Å². The number of hydrogen-bond donors (Lipinski definition) is 1. The number of carboxylic acid groups (broad SMARTS) is 1. The summed E-state index contributed by atoms with van der Waals surface area (Å²) >= 11 is 0. The van der Waals surface area contributed by atoms with Gasteiger partial charge in [0.2, 0.25) is 0 Å². The topological polar surface area (TPSA) is 65.0 Å². The molecule has 0 spiro atoms. The molecule has 0 unspecified atom stereocenters. The van der Waals surface area contributed by atoms with Gasteiger partial charge in [-0.1, -0.05) is 0 Å². The first-order chi connectivity index (χ1) is 8.67. The Bertz CT molecular complexity index is 268. The van der Waals surface area contributed by atoms with Crippen LogP contribution in [0.2, 0.25) is 0 Å². The smallest absolute Gasteiger partial charge is 0.455 e. The third-order valence-electron chi connectivity index (χ3n) is 1.67. The van der Waals surface area contributed by atoms with Crippen LogP contribution in [0.1, 0.15) is 0 Å². The Balaban J connectivity index is 3.44. The first-order valence-electron chi connectivity index (χ1n) is 5.06. The van der Waals surface area contributed by atoms with Gasteiger partial charge in [0, 0.05) is 0 Å². The van der Waals surface area contributed by atoms with Gasteiger partial charge in [0.25, 0.3) is 0 Å². The van der Waals surface area contributed by atoms with Crippen LogP contribution < -0.4 is 0 Å². The molecule has 0 aliphatic carbocycles. The molecular formula is C9H13F5O5. The first-order valence-corrected chi connectivity index (χ1v) is 5.06. The van der Waals surface area contributed by atoms with Crippen molar-refractivity contribution in [3.63, 3.8) is 0 Å². The number of aliphatic carboxylic acids is 1. The summed E-state index contributed by atoms with van der Waals surface area (Å²) in [7, 11) is 0. The van der Waals surface area contributed by atoms with Gasteiger partial charge in [0.15, 0.2) is 0 Å². The predicted molar refractivity (Wildman–Crippen MR) is 51.1 cm³/mol. The maximum atomic E-state index is 12.3. The standard InChI is InChI=1S/C9H13F5O5/c10-8(11,9(12,13)14)6-19-4-2-17-1-3-18-5-7(15)16/h1-6H2,(H,15,16). The summed E-state index contributed by atoms with van der Waals surface area (Å²) in [6.07, 6.45) is -5.64. The van der Waals surface area contributed by atoms with E-state index in [-0.39, 0.29) is 19.8 Å². The van der Waals surface area contributed by atoms with Gasteiger partial charge < -0.3 is 19.3 Å². The summed E-state index contributed by atoms with van der Waals surface area (Å²) in [6, 6.07) is 0. The van der Waals surface area contributed by atoms with Crippen LogP contribution >= 0.6 is 0 Å². The lowest BCUT2D eigenvalue weighted by atomic mass is 10.3. The van der Waals surface area contributed by atoms with E-state index in [0.29, 0.717) is 0 Å². The fourth-order valence-corrected chi connectivity index (χ4v) is 0.779. The molecule has 0 rings (SSSR count). The maximum absolute atomic E-state index is 12.3. The van der Waals surface area contributed by atoms with Crippen LogP contribution in [0.15, 0.2) is 0 Å². The van der Waals surface area contributed by atoms with E-state index in [2.05, 4.69) is 9.47 Å². The molecule has 0 fully saturated rings. The third-order valence-corrected chi connectivity index (χ3v) is 1.67. The van der Waals surface area contributed by atoms with Gasteiger partial charge in [-0.05, 0) is 0 Å². The molecule has 10 heteroatoms. The normalized spacial score (nSPS) is 12.7. The minimum absolute atomic E-state index is 0.0215.